The highest BCUT2D eigenvalue weighted by atomic mass is 16.4. The molecule has 0 radical (unpaired) electrons. The Morgan fingerprint density at radius 2 is 1.95 bits per heavy atom. The number of rotatable bonds is 7. The zero-order valence-corrected chi connectivity index (χ0v) is 11.1. The van der Waals surface area contributed by atoms with Crippen LogP contribution in [0.3, 0.4) is 0 Å². The van der Waals surface area contributed by atoms with Crippen LogP contribution in [-0.4, -0.2) is 59.5 Å². The Bertz CT molecular complexity index is 421. The lowest BCUT2D eigenvalue weighted by atomic mass is 10.2. The predicted molar refractivity (Wildman–Crippen MR) is 67.6 cm³/mol. The monoisotopic (exact) mass is 286 g/mol. The van der Waals surface area contributed by atoms with E-state index in [1.165, 1.54) is 7.05 Å². The van der Waals surface area contributed by atoms with Crippen molar-refractivity contribution in [2.75, 3.05) is 13.6 Å². The lowest BCUT2D eigenvalue weighted by Gasteiger charge is -2.20. The Hall–Kier alpha value is -2.32. The van der Waals surface area contributed by atoms with E-state index >= 15 is 0 Å². The molecule has 0 aromatic carbocycles. The van der Waals surface area contributed by atoms with Gasteiger partial charge in [0.2, 0.25) is 11.8 Å². The van der Waals surface area contributed by atoms with Gasteiger partial charge in [0, 0.05) is 13.1 Å². The van der Waals surface area contributed by atoms with Crippen LogP contribution in [0.5, 0.6) is 0 Å². The number of amides is 4. The van der Waals surface area contributed by atoms with Crippen molar-refractivity contribution in [1.82, 2.24) is 15.5 Å². The maximum Gasteiger partial charge on any atom is 0.326 e. The second-order valence-electron chi connectivity index (χ2n) is 4.71. The molecule has 5 N–H and O–H groups in total. The van der Waals surface area contributed by atoms with E-state index in [1.807, 2.05) is 0 Å². The second kappa shape index (κ2) is 6.73. The van der Waals surface area contributed by atoms with Gasteiger partial charge in [0.15, 0.2) is 0 Å². The maximum atomic E-state index is 11.7. The van der Waals surface area contributed by atoms with Crippen molar-refractivity contribution < 1.29 is 24.3 Å². The molecule has 1 saturated carbocycles. The first kappa shape index (κ1) is 15.7. The predicted octanol–water partition coefficient (Wildman–Crippen LogP) is -1.76. The van der Waals surface area contributed by atoms with Gasteiger partial charge >= 0.3 is 12.0 Å². The molecule has 1 fully saturated rings. The molecule has 0 unspecified atom stereocenters. The Kier molecular flexibility index (Phi) is 5.30. The summed E-state index contributed by atoms with van der Waals surface area (Å²) in [6, 6.07) is -1.99. The van der Waals surface area contributed by atoms with E-state index in [0.29, 0.717) is 0 Å². The summed E-state index contributed by atoms with van der Waals surface area (Å²) in [5, 5.41) is 13.7. The minimum absolute atomic E-state index is 0.181. The van der Waals surface area contributed by atoms with Crippen LogP contribution in [0.15, 0.2) is 0 Å². The zero-order valence-electron chi connectivity index (χ0n) is 11.1. The smallest absolute Gasteiger partial charge is 0.326 e. The summed E-state index contributed by atoms with van der Waals surface area (Å²) >= 11 is 0. The van der Waals surface area contributed by atoms with E-state index < -0.39 is 30.4 Å². The van der Waals surface area contributed by atoms with Crippen LogP contribution in [0.2, 0.25) is 0 Å². The van der Waals surface area contributed by atoms with Crippen molar-refractivity contribution in [3.8, 4) is 0 Å². The maximum absolute atomic E-state index is 11.7. The van der Waals surface area contributed by atoms with Crippen LogP contribution in [0.1, 0.15) is 19.3 Å². The number of carboxylic acid groups (broad SMARTS) is 1. The number of aliphatic carboxylic acids is 1. The molecule has 0 heterocycles. The van der Waals surface area contributed by atoms with E-state index in [0.717, 1.165) is 17.7 Å². The highest BCUT2D eigenvalue weighted by Gasteiger charge is 2.26. The number of likely N-dealkylation sites (N-methyl/N-ethyl adjacent to an activating group) is 1. The first-order valence-electron chi connectivity index (χ1n) is 6.11. The van der Waals surface area contributed by atoms with Crippen molar-refractivity contribution >= 4 is 23.8 Å². The summed E-state index contributed by atoms with van der Waals surface area (Å²) < 4.78 is 0. The molecule has 0 saturated heterocycles. The zero-order chi connectivity index (χ0) is 15.3. The number of urea groups is 1. The van der Waals surface area contributed by atoms with E-state index in [-0.39, 0.29) is 18.5 Å². The van der Waals surface area contributed by atoms with Gasteiger partial charge in [0.25, 0.3) is 0 Å². The largest absolute Gasteiger partial charge is 0.480 e. The molecule has 4 amide bonds. The number of carbonyl (C=O) groups is 4. The number of nitrogens with zero attached hydrogens (tertiary/aromatic N) is 1. The van der Waals surface area contributed by atoms with Gasteiger partial charge in [0.1, 0.15) is 12.6 Å². The Balaban J connectivity index is 2.43. The molecule has 1 aliphatic carbocycles. The van der Waals surface area contributed by atoms with Crippen molar-refractivity contribution in [1.29, 1.82) is 0 Å². The topological polar surface area (TPSA) is 142 Å². The average molecular weight is 286 g/mol. The minimum Gasteiger partial charge on any atom is -0.480 e. The SMILES string of the molecule is CN(CC(=O)NC1CC1)C(=O)N[C@@H](CC(N)=O)C(=O)O. The summed E-state index contributed by atoms with van der Waals surface area (Å²) in [5.74, 6) is -2.52. The summed E-state index contributed by atoms with van der Waals surface area (Å²) in [5.41, 5.74) is 4.89. The summed E-state index contributed by atoms with van der Waals surface area (Å²) in [6.45, 7) is -0.189. The minimum atomic E-state index is -1.41. The fourth-order valence-corrected chi connectivity index (χ4v) is 1.45. The molecule has 20 heavy (non-hydrogen) atoms. The molecule has 1 aliphatic rings. The lowest BCUT2D eigenvalue weighted by molar-refractivity contribution is -0.140. The number of primary amides is 1. The van der Waals surface area contributed by atoms with Gasteiger partial charge in [-0.05, 0) is 12.8 Å². The average Bonchev–Trinajstić information content (AvgIpc) is 3.10. The second-order valence-corrected chi connectivity index (χ2v) is 4.71. The third-order valence-electron chi connectivity index (χ3n) is 2.67. The number of carbonyl (C=O) groups excluding carboxylic acids is 3. The number of hydrogen-bond donors (Lipinski definition) is 4. The molecule has 9 heteroatoms. The first-order valence-corrected chi connectivity index (χ1v) is 6.11. The van der Waals surface area contributed by atoms with Crippen LogP contribution in [0.25, 0.3) is 0 Å². The van der Waals surface area contributed by atoms with Gasteiger partial charge in [-0.15, -0.1) is 0 Å². The van der Waals surface area contributed by atoms with E-state index in [1.54, 1.807) is 0 Å². The summed E-state index contributed by atoms with van der Waals surface area (Å²) in [7, 11) is 1.35. The highest BCUT2D eigenvalue weighted by molar-refractivity contribution is 5.89. The standard InChI is InChI=1S/C11H18N4O5/c1-15(5-9(17)13-6-2-3-6)11(20)14-7(10(18)19)4-8(12)16/h6-7H,2-5H2,1H3,(H2,12,16)(H,13,17)(H,14,20)(H,18,19)/t7-/m0/s1. The fraction of sp³-hybridized carbons (Fsp3) is 0.636. The van der Waals surface area contributed by atoms with E-state index in [9.17, 15) is 19.2 Å². The van der Waals surface area contributed by atoms with Crippen LogP contribution < -0.4 is 16.4 Å². The molecular weight excluding hydrogens is 268 g/mol. The fourth-order valence-electron chi connectivity index (χ4n) is 1.45. The molecule has 112 valence electrons. The number of carboxylic acids is 1. The molecule has 0 aliphatic heterocycles. The molecule has 9 nitrogen and oxygen atoms in total. The Labute approximate surface area is 115 Å². The van der Waals surface area contributed by atoms with Gasteiger partial charge in [-0.25, -0.2) is 9.59 Å². The van der Waals surface area contributed by atoms with E-state index in [2.05, 4.69) is 10.6 Å². The van der Waals surface area contributed by atoms with Crippen LogP contribution in [0, 0.1) is 0 Å². The van der Waals surface area contributed by atoms with Crippen LogP contribution in [0.4, 0.5) is 4.79 Å². The van der Waals surface area contributed by atoms with Crippen molar-refractivity contribution in [2.24, 2.45) is 5.73 Å². The molecule has 0 aromatic heterocycles. The summed E-state index contributed by atoms with van der Waals surface area (Å²) in [6.07, 6.45) is 1.35. The summed E-state index contributed by atoms with van der Waals surface area (Å²) in [4.78, 5) is 45.8. The first-order chi connectivity index (χ1) is 9.29. The van der Waals surface area contributed by atoms with Gasteiger partial charge in [-0.2, -0.15) is 0 Å². The lowest BCUT2D eigenvalue weighted by Crippen LogP contribution is -2.50. The molecule has 0 bridgehead atoms. The normalized spacial score (nSPS) is 15.1. The highest BCUT2D eigenvalue weighted by Crippen LogP contribution is 2.18. The van der Waals surface area contributed by atoms with Gasteiger partial charge in [-0.1, -0.05) is 0 Å². The number of nitrogens with two attached hydrogens (primary N) is 1. The third kappa shape index (κ3) is 5.55. The van der Waals surface area contributed by atoms with E-state index in [4.69, 9.17) is 10.8 Å². The molecule has 1 atom stereocenters. The van der Waals surface area contributed by atoms with Gasteiger partial charge < -0.3 is 26.4 Å². The van der Waals surface area contributed by atoms with Gasteiger partial charge in [0.05, 0.1) is 6.42 Å². The quantitative estimate of drug-likeness (QED) is 0.438. The van der Waals surface area contributed by atoms with Crippen molar-refractivity contribution in [3.63, 3.8) is 0 Å². The molecule has 0 spiro atoms. The molecule has 0 aromatic rings. The van der Waals surface area contributed by atoms with Crippen LogP contribution >= 0.6 is 0 Å². The molecular formula is C11H18N4O5. The van der Waals surface area contributed by atoms with Crippen molar-refractivity contribution in [3.05, 3.63) is 0 Å². The number of hydrogen-bond acceptors (Lipinski definition) is 4. The number of nitrogens with one attached hydrogen (secondary N) is 2. The van der Waals surface area contributed by atoms with Crippen molar-refractivity contribution in [2.45, 2.75) is 31.3 Å². The molecule has 1 rings (SSSR count). The Morgan fingerprint density at radius 3 is 2.40 bits per heavy atom. The Morgan fingerprint density at radius 1 is 1.35 bits per heavy atom. The third-order valence-corrected chi connectivity index (χ3v) is 2.67. The van der Waals surface area contributed by atoms with Gasteiger partial charge in [-0.3, -0.25) is 9.59 Å². The van der Waals surface area contributed by atoms with Crippen LogP contribution in [-0.2, 0) is 14.4 Å².